The van der Waals surface area contributed by atoms with Crippen molar-refractivity contribution in [2.45, 2.75) is 104 Å². The van der Waals surface area contributed by atoms with Gasteiger partial charge in [0.1, 0.15) is 0 Å². The third kappa shape index (κ3) is 9.94. The highest BCUT2D eigenvalue weighted by molar-refractivity contribution is 7.86. The molecule has 0 bridgehead atoms. The molecule has 5 fully saturated rings. The van der Waals surface area contributed by atoms with Crippen molar-refractivity contribution >= 4 is 37.8 Å². The van der Waals surface area contributed by atoms with Crippen molar-refractivity contribution < 1.29 is 40.3 Å². The lowest BCUT2D eigenvalue weighted by atomic mass is 9.67. The molecule has 5 aliphatic rings. The molecule has 2 saturated heterocycles. The molecule has 310 valence electrons. The highest BCUT2D eigenvalue weighted by Crippen LogP contribution is 2.55. The van der Waals surface area contributed by atoms with Gasteiger partial charge in [0.15, 0.2) is 5.78 Å². The number of rotatable bonds is 14. The maximum Gasteiger partial charge on any atom is 0.264 e. The van der Waals surface area contributed by atoms with Gasteiger partial charge in [-0.25, -0.2) is 0 Å². The maximum atomic E-state index is 13.4. The van der Waals surface area contributed by atoms with Crippen LogP contribution in [0.25, 0.3) is 0 Å². The quantitative estimate of drug-likeness (QED) is 0.137. The highest BCUT2D eigenvalue weighted by atomic mass is 32.2. The van der Waals surface area contributed by atoms with Crippen LogP contribution in [-0.2, 0) is 34.6 Å². The van der Waals surface area contributed by atoms with Gasteiger partial charge < -0.3 is 21.3 Å². The van der Waals surface area contributed by atoms with E-state index in [1.54, 1.807) is 0 Å². The number of amides is 2. The number of carbonyl (C=O) groups excluding carboxylic acids is 3. The van der Waals surface area contributed by atoms with Crippen molar-refractivity contribution in [1.82, 2.24) is 9.80 Å². The first-order chi connectivity index (χ1) is 26.1. The van der Waals surface area contributed by atoms with Crippen LogP contribution in [0.5, 0.6) is 0 Å². The summed E-state index contributed by atoms with van der Waals surface area (Å²) >= 11 is 0. The smallest absolute Gasteiger partial charge is 0.264 e. The van der Waals surface area contributed by atoms with E-state index < -0.39 is 20.2 Å². The van der Waals surface area contributed by atoms with E-state index in [2.05, 4.69) is 37.5 Å². The standard InChI is InChI=1S/C41H60N4O9S2/c1-40(2)31-25-29(38(42)47)17-19-33(31)44(21-9-23-55(49,50)51)35(40)13-7-5-11-27-15-16-28(37(27)46)12-6-8-14-36-41(3,4)32-26-30(39(43)48)18-20-34(32)45(36)22-10-24-56(52,53)54/h5-8,11-14,29-34H,9-10,15-26H2,1-4H3,(H2,42,47)(H2,43,48)(H,49,50,51)(H,52,53,54). The van der Waals surface area contributed by atoms with Crippen LogP contribution in [0.1, 0.15) is 91.9 Å². The van der Waals surface area contributed by atoms with Crippen molar-refractivity contribution in [3.05, 3.63) is 71.1 Å². The number of nitrogens with zero attached hydrogens (tertiary/aromatic N) is 2. The fourth-order valence-electron chi connectivity index (χ4n) is 10.3. The Balaban J connectivity index is 1.29. The summed E-state index contributed by atoms with van der Waals surface area (Å²) in [6, 6.07) is 0.248. The number of Topliss-reactive ketones (excluding diaryl/α,β-unsaturated/α-hetero) is 1. The van der Waals surface area contributed by atoms with Crippen LogP contribution in [0.3, 0.4) is 0 Å². The van der Waals surface area contributed by atoms with Crippen LogP contribution in [0, 0.1) is 34.5 Å². The second kappa shape index (κ2) is 17.1. The van der Waals surface area contributed by atoms with Gasteiger partial charge in [-0.3, -0.25) is 23.5 Å². The molecule has 0 aromatic rings. The van der Waals surface area contributed by atoms with E-state index in [0.717, 1.165) is 24.2 Å². The van der Waals surface area contributed by atoms with E-state index in [1.807, 2.05) is 48.6 Å². The van der Waals surface area contributed by atoms with E-state index in [4.69, 9.17) is 11.5 Å². The SMILES string of the molecule is CC1(C)C(=CC=CC=C2CCC(=CC=CC=C3N(CCCS(=O)(=O)O)C4CCC(C(N)=O)CC4C3(C)C)C2=O)N(CCCS(=O)(=O)O)C2CCC(C(N)=O)CC21. The largest absolute Gasteiger partial charge is 0.371 e. The average Bonchev–Trinajstić information content (AvgIpc) is 3.63. The number of nitrogens with two attached hydrogens (primary N) is 2. The van der Waals surface area contributed by atoms with Gasteiger partial charge >= 0.3 is 0 Å². The molecule has 56 heavy (non-hydrogen) atoms. The van der Waals surface area contributed by atoms with Crippen LogP contribution < -0.4 is 11.5 Å². The molecule has 3 saturated carbocycles. The van der Waals surface area contributed by atoms with E-state index in [9.17, 15) is 40.3 Å². The minimum absolute atomic E-state index is 0.0206. The number of ketones is 1. The van der Waals surface area contributed by atoms with Crippen LogP contribution in [0.15, 0.2) is 71.1 Å². The Morgan fingerprint density at radius 2 is 1.02 bits per heavy atom. The van der Waals surface area contributed by atoms with E-state index in [-0.39, 0.29) is 88.5 Å². The number of allylic oxidation sites excluding steroid dienone is 12. The summed E-state index contributed by atoms with van der Waals surface area (Å²) in [5.74, 6) is -1.37. The van der Waals surface area contributed by atoms with E-state index in [0.29, 0.717) is 62.8 Å². The van der Waals surface area contributed by atoms with E-state index >= 15 is 0 Å². The predicted octanol–water partition coefficient (Wildman–Crippen LogP) is 4.86. The summed E-state index contributed by atoms with van der Waals surface area (Å²) in [5.41, 5.74) is 14.2. The van der Waals surface area contributed by atoms with Crippen molar-refractivity contribution in [2.24, 2.45) is 46.0 Å². The zero-order valence-corrected chi connectivity index (χ0v) is 34.7. The van der Waals surface area contributed by atoms with Gasteiger partial charge in [-0.05, 0) is 88.2 Å². The Labute approximate surface area is 332 Å². The molecule has 6 N–H and O–H groups in total. The first kappa shape index (κ1) is 43.6. The number of likely N-dealkylation sites (tertiary alicyclic amines) is 2. The Bertz CT molecular complexity index is 1820. The average molecular weight is 817 g/mol. The number of fused-ring (bicyclic) bond motifs is 2. The fraction of sp³-hybridized carbons (Fsp3) is 0.634. The van der Waals surface area contributed by atoms with Crippen LogP contribution >= 0.6 is 0 Å². The molecule has 6 unspecified atom stereocenters. The third-order valence-electron chi connectivity index (χ3n) is 13.2. The Hall–Kier alpha value is -3.53. The summed E-state index contributed by atoms with van der Waals surface area (Å²) < 4.78 is 64.6. The molecule has 2 aliphatic heterocycles. The van der Waals surface area contributed by atoms with Gasteiger partial charge in [0.2, 0.25) is 11.8 Å². The molecule has 0 aromatic heterocycles. The lowest BCUT2D eigenvalue weighted by molar-refractivity contribution is -0.124. The molecule has 15 heteroatoms. The van der Waals surface area contributed by atoms with Crippen molar-refractivity contribution in [2.75, 3.05) is 24.6 Å². The number of carbonyl (C=O) groups is 3. The van der Waals surface area contributed by atoms with Gasteiger partial charge in [0, 0.05) is 70.4 Å². The summed E-state index contributed by atoms with van der Waals surface area (Å²) in [4.78, 5) is 42.0. The summed E-state index contributed by atoms with van der Waals surface area (Å²) in [6.07, 6.45) is 21.1. The van der Waals surface area contributed by atoms with Crippen molar-refractivity contribution in [3.63, 3.8) is 0 Å². The van der Waals surface area contributed by atoms with Gasteiger partial charge in [0.25, 0.3) is 20.2 Å². The van der Waals surface area contributed by atoms with Gasteiger partial charge in [0.05, 0.1) is 11.5 Å². The molecule has 6 atom stereocenters. The van der Waals surface area contributed by atoms with Crippen molar-refractivity contribution in [3.8, 4) is 0 Å². The van der Waals surface area contributed by atoms with Crippen LogP contribution in [0.4, 0.5) is 0 Å². The molecule has 0 aromatic carbocycles. The molecule has 5 rings (SSSR count). The Kier molecular flexibility index (Phi) is 13.3. The summed E-state index contributed by atoms with van der Waals surface area (Å²) in [5, 5.41) is 0. The lowest BCUT2D eigenvalue weighted by Crippen LogP contribution is -2.41. The summed E-state index contributed by atoms with van der Waals surface area (Å²) in [7, 11) is -8.19. The Morgan fingerprint density at radius 1 is 0.661 bits per heavy atom. The molecule has 0 radical (unpaired) electrons. The predicted molar refractivity (Wildman–Crippen MR) is 216 cm³/mol. The number of hydrogen-bond donors (Lipinski definition) is 4. The van der Waals surface area contributed by atoms with Gasteiger partial charge in [-0.2, -0.15) is 16.8 Å². The Morgan fingerprint density at radius 3 is 1.36 bits per heavy atom. The molecule has 2 amide bonds. The molecule has 0 spiro atoms. The molecular formula is C41H60N4O9S2. The minimum Gasteiger partial charge on any atom is -0.371 e. The van der Waals surface area contributed by atoms with E-state index in [1.165, 1.54) is 0 Å². The summed E-state index contributed by atoms with van der Waals surface area (Å²) in [6.45, 7) is 9.44. The normalized spacial score (nSPS) is 32.1. The molecular weight excluding hydrogens is 757 g/mol. The van der Waals surface area contributed by atoms with Gasteiger partial charge in [-0.15, -0.1) is 0 Å². The topological polar surface area (TPSA) is 218 Å². The minimum atomic E-state index is -4.10. The fourth-order valence-corrected chi connectivity index (χ4v) is 11.3. The van der Waals surface area contributed by atoms with Crippen molar-refractivity contribution in [1.29, 1.82) is 0 Å². The van der Waals surface area contributed by atoms with Crippen LogP contribution in [-0.4, -0.2) is 90.0 Å². The van der Waals surface area contributed by atoms with Gasteiger partial charge in [-0.1, -0.05) is 64.2 Å². The number of primary amides is 2. The number of hydrogen-bond acceptors (Lipinski definition) is 9. The maximum absolute atomic E-state index is 13.4. The second-order valence-corrected chi connectivity index (χ2v) is 20.5. The molecule has 3 aliphatic carbocycles. The molecule has 13 nitrogen and oxygen atoms in total. The lowest BCUT2D eigenvalue weighted by Gasteiger charge is -2.37. The zero-order valence-electron chi connectivity index (χ0n) is 33.1. The van der Waals surface area contributed by atoms with Crippen LogP contribution in [0.2, 0.25) is 0 Å². The highest BCUT2D eigenvalue weighted by Gasteiger charge is 2.54. The first-order valence-corrected chi connectivity index (χ1v) is 23.1. The zero-order chi connectivity index (χ0) is 41.2. The second-order valence-electron chi connectivity index (χ2n) is 17.4. The molecule has 2 heterocycles. The monoisotopic (exact) mass is 816 g/mol. The third-order valence-corrected chi connectivity index (χ3v) is 14.8. The first-order valence-electron chi connectivity index (χ1n) is 19.8.